The van der Waals surface area contributed by atoms with Crippen LogP contribution in [0.3, 0.4) is 0 Å². The molecule has 0 radical (unpaired) electrons. The number of aromatic hydroxyl groups is 2. The third-order valence-corrected chi connectivity index (χ3v) is 7.13. The van der Waals surface area contributed by atoms with Gasteiger partial charge in [0.25, 0.3) is 10.0 Å². The lowest BCUT2D eigenvalue weighted by Crippen LogP contribution is -2.17. The van der Waals surface area contributed by atoms with Crippen molar-refractivity contribution in [3.8, 4) is 11.5 Å². The number of unbranched alkanes of at least 4 members (excludes halogenated alkanes) is 2. The van der Waals surface area contributed by atoms with Gasteiger partial charge >= 0.3 is 0 Å². The van der Waals surface area contributed by atoms with Crippen LogP contribution in [0.1, 0.15) is 69.4 Å². The highest BCUT2D eigenvalue weighted by Gasteiger charge is 2.30. The average molecular weight is 430 g/mol. The summed E-state index contributed by atoms with van der Waals surface area (Å²) in [4.78, 5) is -0.119. The summed E-state index contributed by atoms with van der Waals surface area (Å²) < 4.78 is 29.2. The second kappa shape index (κ2) is 9.56. The molecule has 0 amide bonds. The van der Waals surface area contributed by atoms with E-state index in [1.165, 1.54) is 11.6 Å². The number of allylic oxidation sites excluding steroid dienone is 2. The van der Waals surface area contributed by atoms with E-state index in [9.17, 15) is 18.6 Å². The van der Waals surface area contributed by atoms with E-state index in [1.807, 2.05) is 19.1 Å². The number of anilines is 1. The topological polar surface area (TPSA) is 86.6 Å². The van der Waals surface area contributed by atoms with Gasteiger partial charge in [0.1, 0.15) is 16.4 Å². The predicted molar refractivity (Wildman–Crippen MR) is 121 cm³/mol. The molecule has 0 bridgehead atoms. The first-order valence-electron chi connectivity index (χ1n) is 10.7. The third-order valence-electron chi connectivity index (χ3n) is 5.64. The van der Waals surface area contributed by atoms with Crippen LogP contribution in [0.4, 0.5) is 5.69 Å². The summed E-state index contributed by atoms with van der Waals surface area (Å²) in [5.74, 6) is -0.566. The Morgan fingerprint density at radius 2 is 1.87 bits per heavy atom. The molecule has 0 spiro atoms. The van der Waals surface area contributed by atoms with Crippen LogP contribution in [0.15, 0.2) is 52.9 Å². The van der Waals surface area contributed by atoms with Gasteiger partial charge in [0.2, 0.25) is 0 Å². The molecule has 0 heterocycles. The lowest BCUT2D eigenvalue weighted by Gasteiger charge is -2.24. The van der Waals surface area contributed by atoms with Crippen molar-refractivity contribution < 1.29 is 18.6 Å². The van der Waals surface area contributed by atoms with Crippen molar-refractivity contribution in [3.05, 3.63) is 59.2 Å². The molecule has 0 aromatic heterocycles. The summed E-state index contributed by atoms with van der Waals surface area (Å²) in [6.07, 6.45) is 7.90. The molecule has 3 N–H and O–H groups in total. The lowest BCUT2D eigenvalue weighted by molar-refractivity contribution is 0.416. The largest absolute Gasteiger partial charge is 0.507 e. The van der Waals surface area contributed by atoms with E-state index in [0.717, 1.165) is 38.5 Å². The van der Waals surface area contributed by atoms with E-state index in [-0.39, 0.29) is 22.3 Å². The number of hydrogen-bond donors (Lipinski definition) is 3. The van der Waals surface area contributed by atoms with Crippen molar-refractivity contribution in [3.63, 3.8) is 0 Å². The van der Waals surface area contributed by atoms with Gasteiger partial charge in [-0.3, -0.25) is 4.72 Å². The van der Waals surface area contributed by atoms with Crippen LogP contribution in [-0.2, 0) is 16.4 Å². The minimum Gasteiger partial charge on any atom is -0.507 e. The fourth-order valence-electron chi connectivity index (χ4n) is 4.17. The highest BCUT2D eigenvalue weighted by molar-refractivity contribution is 7.92. The van der Waals surface area contributed by atoms with Crippen LogP contribution in [0, 0.1) is 0 Å². The molecule has 1 atom stereocenters. The Morgan fingerprint density at radius 3 is 2.53 bits per heavy atom. The van der Waals surface area contributed by atoms with Crippen LogP contribution in [0.25, 0.3) is 0 Å². The van der Waals surface area contributed by atoms with E-state index in [0.29, 0.717) is 23.2 Å². The molecule has 0 saturated carbocycles. The molecule has 0 aliphatic heterocycles. The zero-order valence-electron chi connectivity index (χ0n) is 17.7. The molecule has 3 rings (SSSR count). The molecule has 162 valence electrons. The van der Waals surface area contributed by atoms with Gasteiger partial charge in [-0.2, -0.15) is 0 Å². The minimum atomic E-state index is -4.04. The Bertz CT molecular complexity index is 1010. The van der Waals surface area contributed by atoms with Crippen LogP contribution < -0.4 is 4.72 Å². The SMILES string of the molecule is CCCCCc1cc(O)c(C2C=C(C)CCC2)c(O)c1S(=O)(=O)Nc1ccccc1. The Hall–Kier alpha value is -2.47. The summed E-state index contributed by atoms with van der Waals surface area (Å²) in [6, 6.07) is 10.2. The lowest BCUT2D eigenvalue weighted by atomic mass is 9.84. The third kappa shape index (κ3) is 4.98. The number of para-hydroxylation sites is 1. The summed E-state index contributed by atoms with van der Waals surface area (Å²) >= 11 is 0. The van der Waals surface area contributed by atoms with E-state index in [1.54, 1.807) is 24.3 Å². The summed E-state index contributed by atoms with van der Waals surface area (Å²) in [5.41, 5.74) is 2.37. The number of aryl methyl sites for hydroxylation is 1. The van der Waals surface area contributed by atoms with Crippen LogP contribution in [0.5, 0.6) is 11.5 Å². The Kier molecular flexibility index (Phi) is 7.08. The molecule has 0 saturated heterocycles. The van der Waals surface area contributed by atoms with Crippen molar-refractivity contribution in [1.29, 1.82) is 0 Å². The molecule has 1 aliphatic rings. The Balaban J connectivity index is 2.11. The molecule has 2 aromatic rings. The number of sulfonamides is 1. The fraction of sp³-hybridized carbons (Fsp3) is 0.417. The quantitative estimate of drug-likeness (QED) is 0.363. The number of rotatable bonds is 8. The molecule has 5 nitrogen and oxygen atoms in total. The van der Waals surface area contributed by atoms with Gasteiger partial charge in [-0.1, -0.05) is 49.6 Å². The highest BCUT2D eigenvalue weighted by atomic mass is 32.2. The van der Waals surface area contributed by atoms with E-state index >= 15 is 0 Å². The summed E-state index contributed by atoms with van der Waals surface area (Å²) in [6.45, 7) is 4.10. The van der Waals surface area contributed by atoms with Gasteiger partial charge in [-0.05, 0) is 62.8 Å². The first-order chi connectivity index (χ1) is 14.3. The maximum atomic E-state index is 13.3. The first kappa shape index (κ1) is 22.2. The number of phenolic OH excluding ortho intramolecular Hbond substituents is 2. The van der Waals surface area contributed by atoms with E-state index < -0.39 is 10.0 Å². The van der Waals surface area contributed by atoms with Crippen molar-refractivity contribution in [2.24, 2.45) is 0 Å². The van der Waals surface area contributed by atoms with Gasteiger partial charge in [0, 0.05) is 17.2 Å². The van der Waals surface area contributed by atoms with E-state index in [4.69, 9.17) is 0 Å². The highest BCUT2D eigenvalue weighted by Crippen LogP contribution is 2.45. The monoisotopic (exact) mass is 429 g/mol. The number of nitrogens with one attached hydrogen (secondary N) is 1. The molecule has 2 aromatic carbocycles. The normalized spacial score (nSPS) is 16.9. The van der Waals surface area contributed by atoms with Crippen LogP contribution in [0.2, 0.25) is 0 Å². The second-order valence-corrected chi connectivity index (χ2v) is 9.71. The van der Waals surface area contributed by atoms with Gasteiger partial charge in [0.15, 0.2) is 0 Å². The molecule has 1 unspecified atom stereocenters. The first-order valence-corrected chi connectivity index (χ1v) is 12.1. The van der Waals surface area contributed by atoms with Crippen molar-refractivity contribution in [2.45, 2.75) is 69.6 Å². The predicted octanol–water partition coefficient (Wildman–Crippen LogP) is 5.85. The summed E-state index contributed by atoms with van der Waals surface area (Å²) in [7, 11) is -4.04. The zero-order chi connectivity index (χ0) is 21.7. The van der Waals surface area contributed by atoms with Gasteiger partial charge in [0.05, 0.1) is 0 Å². The smallest absolute Gasteiger partial charge is 0.265 e. The maximum Gasteiger partial charge on any atom is 0.265 e. The molecule has 30 heavy (non-hydrogen) atoms. The van der Waals surface area contributed by atoms with Crippen LogP contribution in [-0.4, -0.2) is 18.6 Å². The Morgan fingerprint density at radius 1 is 1.13 bits per heavy atom. The zero-order valence-corrected chi connectivity index (χ0v) is 18.5. The Labute approximate surface area is 179 Å². The van der Waals surface area contributed by atoms with Gasteiger partial charge in [-0.15, -0.1) is 0 Å². The number of phenols is 2. The summed E-state index contributed by atoms with van der Waals surface area (Å²) in [5, 5.41) is 21.9. The van der Waals surface area contributed by atoms with Crippen molar-refractivity contribution in [2.75, 3.05) is 4.72 Å². The fourth-order valence-corrected chi connectivity index (χ4v) is 5.59. The standard InChI is InChI=1S/C24H31NO4S/c1-3-4-6-11-19-16-21(26)22(18-12-9-10-17(2)15-18)23(27)24(19)30(28,29)25-20-13-7-5-8-14-20/h5,7-8,13-16,18,25-27H,3-4,6,9-12H2,1-2H3. The second-order valence-electron chi connectivity index (χ2n) is 8.09. The average Bonchev–Trinajstić information content (AvgIpc) is 2.68. The van der Waals surface area contributed by atoms with Gasteiger partial charge < -0.3 is 10.2 Å². The van der Waals surface area contributed by atoms with Crippen LogP contribution >= 0.6 is 0 Å². The molecule has 1 aliphatic carbocycles. The molecule has 0 fully saturated rings. The molecular weight excluding hydrogens is 398 g/mol. The van der Waals surface area contributed by atoms with Crippen molar-refractivity contribution in [1.82, 2.24) is 0 Å². The minimum absolute atomic E-state index is 0.0337. The number of benzene rings is 2. The molecular formula is C24H31NO4S. The molecule has 6 heteroatoms. The number of hydrogen-bond acceptors (Lipinski definition) is 4. The maximum absolute atomic E-state index is 13.3. The van der Waals surface area contributed by atoms with Gasteiger partial charge in [-0.25, -0.2) is 8.42 Å². The van der Waals surface area contributed by atoms with E-state index in [2.05, 4.69) is 11.6 Å². The van der Waals surface area contributed by atoms with Crippen molar-refractivity contribution >= 4 is 15.7 Å².